The Bertz CT molecular complexity index is 689. The SMILES string of the molecule is CN=C(NCc1ccccc1C)NCc1cccnc1OCCOC. The highest BCUT2D eigenvalue weighted by Crippen LogP contribution is 2.13. The third-order valence-electron chi connectivity index (χ3n) is 3.75. The lowest BCUT2D eigenvalue weighted by molar-refractivity contribution is 0.143. The lowest BCUT2D eigenvalue weighted by Gasteiger charge is -2.14. The van der Waals surface area contributed by atoms with E-state index in [1.807, 2.05) is 24.3 Å². The van der Waals surface area contributed by atoms with Gasteiger partial charge in [0.15, 0.2) is 5.96 Å². The van der Waals surface area contributed by atoms with E-state index in [2.05, 4.69) is 39.7 Å². The molecule has 0 unspecified atom stereocenters. The molecule has 134 valence electrons. The van der Waals surface area contributed by atoms with Gasteiger partial charge in [0.05, 0.1) is 6.61 Å². The van der Waals surface area contributed by atoms with E-state index < -0.39 is 0 Å². The number of rotatable bonds is 8. The van der Waals surface area contributed by atoms with Crippen molar-refractivity contribution in [1.82, 2.24) is 15.6 Å². The number of methoxy groups -OCH3 is 1. The first kappa shape index (κ1) is 18.7. The fourth-order valence-electron chi connectivity index (χ4n) is 2.30. The van der Waals surface area contributed by atoms with Crippen molar-refractivity contribution in [2.45, 2.75) is 20.0 Å². The Balaban J connectivity index is 1.89. The monoisotopic (exact) mass is 342 g/mol. The van der Waals surface area contributed by atoms with Gasteiger partial charge in [-0.1, -0.05) is 30.3 Å². The lowest BCUT2D eigenvalue weighted by atomic mass is 10.1. The van der Waals surface area contributed by atoms with Crippen LogP contribution < -0.4 is 15.4 Å². The molecule has 0 atom stereocenters. The van der Waals surface area contributed by atoms with Crippen molar-refractivity contribution in [2.24, 2.45) is 4.99 Å². The molecule has 6 nitrogen and oxygen atoms in total. The summed E-state index contributed by atoms with van der Waals surface area (Å²) in [5.41, 5.74) is 3.47. The quantitative estimate of drug-likeness (QED) is 0.438. The van der Waals surface area contributed by atoms with Crippen molar-refractivity contribution in [3.05, 3.63) is 59.3 Å². The molecule has 1 aromatic carbocycles. The smallest absolute Gasteiger partial charge is 0.218 e. The van der Waals surface area contributed by atoms with E-state index >= 15 is 0 Å². The first-order chi connectivity index (χ1) is 12.2. The standard InChI is InChI=1S/C19H26N4O2/c1-15-7-4-5-8-16(15)13-22-19(20-2)23-14-17-9-6-10-21-18(17)25-12-11-24-3/h4-10H,11-14H2,1-3H3,(H2,20,22,23). The maximum absolute atomic E-state index is 5.65. The highest BCUT2D eigenvalue weighted by Gasteiger charge is 2.06. The van der Waals surface area contributed by atoms with E-state index in [0.717, 1.165) is 18.1 Å². The number of pyridine rings is 1. The zero-order valence-electron chi connectivity index (χ0n) is 15.1. The molecule has 0 bridgehead atoms. The maximum Gasteiger partial charge on any atom is 0.218 e. The summed E-state index contributed by atoms with van der Waals surface area (Å²) >= 11 is 0. The fourth-order valence-corrected chi connectivity index (χ4v) is 2.30. The van der Waals surface area contributed by atoms with Gasteiger partial charge in [0.25, 0.3) is 0 Å². The molecule has 2 aromatic rings. The van der Waals surface area contributed by atoms with Crippen LogP contribution in [0.5, 0.6) is 5.88 Å². The van der Waals surface area contributed by atoms with Gasteiger partial charge in [-0.15, -0.1) is 0 Å². The molecule has 2 N–H and O–H groups in total. The van der Waals surface area contributed by atoms with Crippen molar-refractivity contribution in [1.29, 1.82) is 0 Å². The summed E-state index contributed by atoms with van der Waals surface area (Å²) in [5.74, 6) is 1.34. The summed E-state index contributed by atoms with van der Waals surface area (Å²) in [6, 6.07) is 12.2. The Morgan fingerprint density at radius 3 is 2.48 bits per heavy atom. The molecule has 1 aromatic heterocycles. The summed E-state index contributed by atoms with van der Waals surface area (Å²) in [6.07, 6.45) is 1.72. The average Bonchev–Trinajstić information content (AvgIpc) is 2.64. The van der Waals surface area contributed by atoms with E-state index in [9.17, 15) is 0 Å². The van der Waals surface area contributed by atoms with Crippen LogP contribution in [0, 0.1) is 6.92 Å². The Labute approximate surface area is 149 Å². The van der Waals surface area contributed by atoms with Crippen LogP contribution in [0.3, 0.4) is 0 Å². The van der Waals surface area contributed by atoms with Crippen LogP contribution in [-0.4, -0.2) is 38.3 Å². The minimum absolute atomic E-state index is 0.473. The van der Waals surface area contributed by atoms with E-state index in [1.165, 1.54) is 11.1 Å². The van der Waals surface area contributed by atoms with E-state index in [4.69, 9.17) is 9.47 Å². The Morgan fingerprint density at radius 1 is 1.04 bits per heavy atom. The number of hydrogen-bond acceptors (Lipinski definition) is 4. The molecule has 0 radical (unpaired) electrons. The predicted molar refractivity (Wildman–Crippen MR) is 99.8 cm³/mol. The van der Waals surface area contributed by atoms with Crippen LogP contribution in [0.25, 0.3) is 0 Å². The highest BCUT2D eigenvalue weighted by molar-refractivity contribution is 5.79. The molecule has 6 heteroatoms. The molecular formula is C19H26N4O2. The summed E-state index contributed by atoms with van der Waals surface area (Å²) in [7, 11) is 3.40. The summed E-state index contributed by atoms with van der Waals surface area (Å²) in [6.45, 7) is 4.40. The first-order valence-electron chi connectivity index (χ1n) is 8.29. The lowest BCUT2D eigenvalue weighted by Crippen LogP contribution is -2.36. The second kappa shape index (κ2) is 10.3. The van der Waals surface area contributed by atoms with Crippen LogP contribution in [0.2, 0.25) is 0 Å². The zero-order valence-corrected chi connectivity index (χ0v) is 15.1. The summed E-state index contributed by atoms with van der Waals surface area (Å²) in [4.78, 5) is 8.55. The number of hydrogen-bond donors (Lipinski definition) is 2. The third-order valence-corrected chi connectivity index (χ3v) is 3.75. The number of benzene rings is 1. The molecule has 0 amide bonds. The van der Waals surface area contributed by atoms with Crippen molar-refractivity contribution in [3.8, 4) is 5.88 Å². The normalized spacial score (nSPS) is 11.2. The molecule has 25 heavy (non-hydrogen) atoms. The van der Waals surface area contributed by atoms with Crippen LogP contribution in [0.15, 0.2) is 47.6 Å². The number of aryl methyl sites for hydroxylation is 1. The average molecular weight is 342 g/mol. The second-order valence-corrected chi connectivity index (χ2v) is 5.51. The minimum atomic E-state index is 0.473. The van der Waals surface area contributed by atoms with Crippen molar-refractivity contribution in [2.75, 3.05) is 27.4 Å². The first-order valence-corrected chi connectivity index (χ1v) is 8.29. The van der Waals surface area contributed by atoms with E-state index in [1.54, 1.807) is 20.4 Å². The zero-order chi connectivity index (χ0) is 17.9. The molecule has 0 fully saturated rings. The van der Waals surface area contributed by atoms with Crippen LogP contribution in [-0.2, 0) is 17.8 Å². The number of nitrogens with zero attached hydrogens (tertiary/aromatic N) is 2. The summed E-state index contributed by atoms with van der Waals surface area (Å²) in [5, 5.41) is 6.62. The van der Waals surface area contributed by atoms with Crippen molar-refractivity contribution in [3.63, 3.8) is 0 Å². The number of aliphatic imine (C=N–C) groups is 1. The molecule has 1 heterocycles. The molecule has 0 spiro atoms. The van der Waals surface area contributed by atoms with Crippen molar-refractivity contribution < 1.29 is 9.47 Å². The van der Waals surface area contributed by atoms with Crippen LogP contribution >= 0.6 is 0 Å². The Hall–Kier alpha value is -2.60. The van der Waals surface area contributed by atoms with Crippen LogP contribution in [0.4, 0.5) is 0 Å². The predicted octanol–water partition coefficient (Wildman–Crippen LogP) is 2.28. The van der Waals surface area contributed by atoms with Crippen molar-refractivity contribution >= 4 is 5.96 Å². The second-order valence-electron chi connectivity index (χ2n) is 5.51. The van der Waals surface area contributed by atoms with Gasteiger partial charge in [-0.25, -0.2) is 4.98 Å². The van der Waals surface area contributed by atoms with Gasteiger partial charge in [-0.2, -0.15) is 0 Å². The maximum atomic E-state index is 5.65. The Kier molecular flexibility index (Phi) is 7.72. The van der Waals surface area contributed by atoms with Crippen LogP contribution in [0.1, 0.15) is 16.7 Å². The molecule has 0 aliphatic carbocycles. The Morgan fingerprint density at radius 2 is 1.76 bits per heavy atom. The number of guanidine groups is 1. The van der Waals surface area contributed by atoms with E-state index in [0.29, 0.717) is 25.6 Å². The molecular weight excluding hydrogens is 316 g/mol. The molecule has 0 saturated carbocycles. The fraction of sp³-hybridized carbons (Fsp3) is 0.368. The summed E-state index contributed by atoms with van der Waals surface area (Å²) < 4.78 is 10.7. The molecule has 0 saturated heterocycles. The van der Waals surface area contributed by atoms with Gasteiger partial charge in [0.1, 0.15) is 6.61 Å². The number of ether oxygens (including phenoxy) is 2. The molecule has 0 aliphatic heterocycles. The van der Waals surface area contributed by atoms with Gasteiger partial charge in [-0.05, 0) is 24.1 Å². The topological polar surface area (TPSA) is 67.8 Å². The third kappa shape index (κ3) is 6.08. The van der Waals surface area contributed by atoms with Gasteiger partial charge in [0.2, 0.25) is 5.88 Å². The van der Waals surface area contributed by atoms with Gasteiger partial charge >= 0.3 is 0 Å². The van der Waals surface area contributed by atoms with Gasteiger partial charge < -0.3 is 20.1 Å². The van der Waals surface area contributed by atoms with Gasteiger partial charge in [0, 0.05) is 39.0 Å². The number of aromatic nitrogens is 1. The minimum Gasteiger partial charge on any atom is -0.475 e. The highest BCUT2D eigenvalue weighted by atomic mass is 16.5. The number of nitrogens with one attached hydrogen (secondary N) is 2. The van der Waals surface area contributed by atoms with Gasteiger partial charge in [-0.3, -0.25) is 4.99 Å². The van der Waals surface area contributed by atoms with E-state index in [-0.39, 0.29) is 0 Å². The molecule has 2 rings (SSSR count). The molecule has 0 aliphatic rings. The largest absolute Gasteiger partial charge is 0.475 e.